The first-order valence-electron chi connectivity index (χ1n) is 17.8. The number of nitrogens with zero attached hydrogens (tertiary/aromatic N) is 6. The maximum Gasteiger partial charge on any atom is 0.306 e. The van der Waals surface area contributed by atoms with E-state index in [1.165, 1.54) is 6.42 Å². The predicted octanol–water partition coefficient (Wildman–Crippen LogP) is 5.53. The monoisotopic (exact) mass is 725 g/mol. The van der Waals surface area contributed by atoms with Crippen LogP contribution in [0, 0.1) is 17.2 Å². The Bertz CT molecular complexity index is 2040. The van der Waals surface area contributed by atoms with Crippen LogP contribution in [0.1, 0.15) is 88.6 Å². The number of nitrogens with one attached hydrogen (secondary N) is 3. The Hall–Kier alpha value is -5.03. The quantitative estimate of drug-likeness (QED) is 0.191. The third-order valence-corrected chi connectivity index (χ3v) is 10.6. The van der Waals surface area contributed by atoms with Crippen molar-refractivity contribution in [3.8, 4) is 17.2 Å². The van der Waals surface area contributed by atoms with Gasteiger partial charge in [-0.05, 0) is 31.5 Å². The number of aromatic nitrogens is 4. The average molecular weight is 726 g/mol. The number of fused-ring (bicyclic) bond motifs is 2. The fourth-order valence-corrected chi connectivity index (χ4v) is 7.53. The minimum Gasteiger partial charge on any atom is -0.481 e. The molecular weight excluding hydrogens is 682 g/mol. The van der Waals surface area contributed by atoms with Crippen molar-refractivity contribution in [3.05, 3.63) is 81.4 Å². The summed E-state index contributed by atoms with van der Waals surface area (Å²) in [5.41, 5.74) is 5.92. The van der Waals surface area contributed by atoms with Gasteiger partial charge in [0.05, 0.1) is 39.3 Å². The highest BCUT2D eigenvalue weighted by Crippen LogP contribution is 2.38. The van der Waals surface area contributed by atoms with E-state index in [1.807, 2.05) is 23.2 Å². The van der Waals surface area contributed by atoms with Crippen molar-refractivity contribution in [3.63, 3.8) is 0 Å². The molecule has 2 aromatic heterocycles. The van der Waals surface area contributed by atoms with Crippen molar-refractivity contribution in [2.75, 3.05) is 30.3 Å². The second-order valence-electron chi connectivity index (χ2n) is 13.4. The molecule has 0 bridgehead atoms. The lowest BCUT2D eigenvalue weighted by molar-refractivity contribution is -0.142. The lowest BCUT2D eigenvalue weighted by Crippen LogP contribution is -2.30. The molecule has 0 radical (unpaired) electrons. The molecule has 2 aromatic carbocycles. The summed E-state index contributed by atoms with van der Waals surface area (Å²) in [5.74, 6) is -0.804. The average Bonchev–Trinajstić information content (AvgIpc) is 3.68. The van der Waals surface area contributed by atoms with Crippen molar-refractivity contribution in [1.29, 1.82) is 5.26 Å². The number of nitriles is 1. The summed E-state index contributed by atoms with van der Waals surface area (Å²) in [5, 5.41) is 28.0. The first-order valence-corrected chi connectivity index (χ1v) is 18.2. The molecule has 14 heteroatoms. The molecule has 4 heterocycles. The van der Waals surface area contributed by atoms with Gasteiger partial charge >= 0.3 is 5.97 Å². The number of aliphatic carboxylic acids is 1. The lowest BCUT2D eigenvalue weighted by Gasteiger charge is -2.24. The molecule has 52 heavy (non-hydrogen) atoms. The van der Waals surface area contributed by atoms with E-state index in [-0.39, 0.29) is 28.2 Å². The van der Waals surface area contributed by atoms with Crippen LogP contribution in [0.4, 0.5) is 11.4 Å². The number of carbonyl (C=O) groups is 3. The molecule has 4 N–H and O–H groups in total. The number of carboxylic acid groups (broad SMARTS) is 1. The standard InChI is InChI=1S/C31H32ClN9O2.C7H12O2/c1-4-41-14-12-26-24(17-41)36-29(40(26)3)31(43)38-22-10-6-8-19(27(22)32)18-7-5-9-21(20(18)15-33)37-30(42)28-35-23-16-34-13-11-25(23)39(28)2;8-7(9)6-4-2-1-3-5-6/h5-10,34H,4,11-14,16-17H2,1-3H3,(H,37,42)(H,38,43);6H,1-5H2,(H,8,9). The van der Waals surface area contributed by atoms with Crippen molar-refractivity contribution in [2.24, 2.45) is 20.0 Å². The molecule has 272 valence electrons. The Labute approximate surface area is 308 Å². The molecular formula is C38H44ClN9O4. The number of hydrogen-bond donors (Lipinski definition) is 4. The Kier molecular flexibility index (Phi) is 11.4. The van der Waals surface area contributed by atoms with E-state index < -0.39 is 11.9 Å². The van der Waals surface area contributed by atoms with Crippen LogP contribution in [0.3, 0.4) is 0 Å². The maximum absolute atomic E-state index is 13.4. The van der Waals surface area contributed by atoms with Gasteiger partial charge in [0, 0.05) is 75.6 Å². The highest BCUT2D eigenvalue weighted by atomic mass is 35.5. The summed E-state index contributed by atoms with van der Waals surface area (Å²) in [6.07, 6.45) is 6.86. The van der Waals surface area contributed by atoms with Gasteiger partial charge in [-0.25, -0.2) is 9.97 Å². The van der Waals surface area contributed by atoms with Gasteiger partial charge < -0.3 is 30.2 Å². The van der Waals surface area contributed by atoms with Gasteiger partial charge in [0.25, 0.3) is 11.8 Å². The number of halogens is 1. The topological polar surface area (TPSA) is 170 Å². The van der Waals surface area contributed by atoms with Crippen LogP contribution in [0.2, 0.25) is 5.02 Å². The molecule has 7 rings (SSSR count). The van der Waals surface area contributed by atoms with E-state index in [4.69, 9.17) is 16.7 Å². The van der Waals surface area contributed by atoms with Crippen LogP contribution < -0.4 is 16.0 Å². The number of anilines is 2. The van der Waals surface area contributed by atoms with Gasteiger partial charge in [-0.2, -0.15) is 5.26 Å². The van der Waals surface area contributed by atoms with E-state index >= 15 is 0 Å². The smallest absolute Gasteiger partial charge is 0.306 e. The second-order valence-corrected chi connectivity index (χ2v) is 13.8. The zero-order valence-electron chi connectivity index (χ0n) is 29.8. The number of amides is 2. The number of likely N-dealkylation sites (N-methyl/N-ethyl adjacent to an activating group) is 1. The summed E-state index contributed by atoms with van der Waals surface area (Å²) < 4.78 is 3.66. The van der Waals surface area contributed by atoms with Crippen LogP contribution >= 0.6 is 11.6 Å². The van der Waals surface area contributed by atoms with Gasteiger partial charge in [0.1, 0.15) is 6.07 Å². The van der Waals surface area contributed by atoms with Crippen molar-refractivity contribution >= 4 is 40.8 Å². The first kappa shape index (κ1) is 36.8. The summed E-state index contributed by atoms with van der Waals surface area (Å²) in [7, 11) is 3.68. The molecule has 1 aliphatic carbocycles. The SMILES string of the molecule is CCN1CCc2c(nc(C(=O)Nc3cccc(-c4cccc(NC(=O)c5nc6c(n5C)CCNC6)c4C#N)c3Cl)n2C)C1.O=C(O)C1CCCCC1. The zero-order chi connectivity index (χ0) is 36.9. The van der Waals surface area contributed by atoms with Crippen LogP contribution in [0.25, 0.3) is 11.1 Å². The van der Waals surface area contributed by atoms with Crippen molar-refractivity contribution < 1.29 is 19.5 Å². The molecule has 0 spiro atoms. The van der Waals surface area contributed by atoms with Crippen LogP contribution in [0.15, 0.2) is 36.4 Å². The molecule has 2 amide bonds. The van der Waals surface area contributed by atoms with Gasteiger partial charge in [0.15, 0.2) is 11.6 Å². The van der Waals surface area contributed by atoms with Crippen molar-refractivity contribution in [1.82, 2.24) is 29.3 Å². The first-order chi connectivity index (χ1) is 25.1. The number of benzene rings is 2. The normalized spacial score (nSPS) is 15.8. The van der Waals surface area contributed by atoms with Gasteiger partial charge in [-0.3, -0.25) is 19.3 Å². The molecule has 0 unspecified atom stereocenters. The minimum atomic E-state index is -0.602. The molecule has 0 atom stereocenters. The lowest BCUT2D eigenvalue weighted by atomic mass is 9.90. The molecule has 13 nitrogen and oxygen atoms in total. The summed E-state index contributed by atoms with van der Waals surface area (Å²) >= 11 is 6.85. The number of carbonyl (C=O) groups excluding carboxylic acids is 2. The molecule has 3 aliphatic rings. The zero-order valence-corrected chi connectivity index (χ0v) is 30.5. The second kappa shape index (κ2) is 16.1. The van der Waals surface area contributed by atoms with Gasteiger partial charge in [-0.15, -0.1) is 0 Å². The number of imidazole rings is 2. The van der Waals surface area contributed by atoms with Crippen LogP contribution in [-0.2, 0) is 44.8 Å². The van der Waals surface area contributed by atoms with E-state index in [0.717, 1.165) is 80.9 Å². The van der Waals surface area contributed by atoms with Crippen molar-refractivity contribution in [2.45, 2.75) is 65.0 Å². The summed E-state index contributed by atoms with van der Waals surface area (Å²) in [6, 6.07) is 12.7. The number of hydrogen-bond acceptors (Lipinski definition) is 8. The fourth-order valence-electron chi connectivity index (χ4n) is 7.26. The Morgan fingerprint density at radius 1 is 0.923 bits per heavy atom. The summed E-state index contributed by atoms with van der Waals surface area (Å²) in [6.45, 7) is 6.13. The third-order valence-electron chi connectivity index (χ3n) is 10.2. The Balaban J connectivity index is 0.000000451. The van der Waals surface area contributed by atoms with Crippen LogP contribution in [0.5, 0.6) is 0 Å². The molecule has 0 saturated heterocycles. The van der Waals surface area contributed by atoms with Crippen LogP contribution in [-0.4, -0.2) is 66.5 Å². The maximum atomic E-state index is 13.4. The molecule has 1 saturated carbocycles. The van der Waals surface area contributed by atoms with E-state index in [9.17, 15) is 19.6 Å². The minimum absolute atomic E-state index is 0.0289. The molecule has 1 fully saturated rings. The Morgan fingerprint density at radius 3 is 2.15 bits per heavy atom. The number of carboxylic acids is 1. The van der Waals surface area contributed by atoms with E-state index in [0.29, 0.717) is 41.4 Å². The highest BCUT2D eigenvalue weighted by Gasteiger charge is 2.27. The Morgan fingerprint density at radius 2 is 1.54 bits per heavy atom. The number of rotatable bonds is 7. The third kappa shape index (κ3) is 7.60. The fraction of sp³-hybridized carbons (Fsp3) is 0.421. The summed E-state index contributed by atoms with van der Waals surface area (Å²) in [4.78, 5) is 48.5. The van der Waals surface area contributed by atoms with Gasteiger partial charge in [-0.1, -0.05) is 62.1 Å². The largest absolute Gasteiger partial charge is 0.481 e. The molecule has 4 aromatic rings. The van der Waals surface area contributed by atoms with Gasteiger partial charge in [0.2, 0.25) is 0 Å². The highest BCUT2D eigenvalue weighted by molar-refractivity contribution is 6.36. The van der Waals surface area contributed by atoms with E-state index in [2.05, 4.69) is 43.8 Å². The predicted molar refractivity (Wildman–Crippen MR) is 198 cm³/mol. The molecule has 2 aliphatic heterocycles. The van der Waals surface area contributed by atoms with E-state index in [1.54, 1.807) is 36.4 Å².